The Morgan fingerprint density at radius 2 is 2.16 bits per heavy atom. The molecule has 0 radical (unpaired) electrons. The van der Waals surface area contributed by atoms with Crippen molar-refractivity contribution >= 4 is 34.1 Å². The molecule has 2 N–H and O–H groups in total. The first-order valence-electron chi connectivity index (χ1n) is 7.63. The highest BCUT2D eigenvalue weighted by molar-refractivity contribution is 7.99. The van der Waals surface area contributed by atoms with Crippen molar-refractivity contribution in [1.29, 1.82) is 0 Å². The molecule has 3 rings (SSSR count). The van der Waals surface area contributed by atoms with Crippen molar-refractivity contribution < 1.29 is 9.90 Å². The van der Waals surface area contributed by atoms with Gasteiger partial charge in [-0.25, -0.2) is 4.98 Å². The van der Waals surface area contributed by atoms with Crippen LogP contribution in [-0.2, 0) is 11.2 Å². The Morgan fingerprint density at radius 3 is 2.84 bits per heavy atom. The maximum absolute atomic E-state index is 12.1. The Hall–Kier alpha value is -2.23. The first-order valence-corrected chi connectivity index (χ1v) is 9.50. The van der Waals surface area contributed by atoms with E-state index in [1.807, 2.05) is 34.9 Å². The molecule has 0 saturated heterocycles. The third-order valence-electron chi connectivity index (χ3n) is 3.20. The first-order chi connectivity index (χ1) is 12.1. The number of rotatable bonds is 7. The molecule has 0 fully saturated rings. The maximum atomic E-state index is 12.1. The molecule has 0 aliphatic rings. The van der Waals surface area contributed by atoms with Gasteiger partial charge in [-0.05, 0) is 19.1 Å². The van der Waals surface area contributed by atoms with Gasteiger partial charge in [0.05, 0.1) is 11.9 Å². The quantitative estimate of drug-likeness (QED) is 0.616. The number of nitrogens with one attached hydrogen (secondary N) is 1. The van der Waals surface area contributed by atoms with Crippen molar-refractivity contribution in [2.45, 2.75) is 24.6 Å². The van der Waals surface area contributed by atoms with Crippen molar-refractivity contribution in [1.82, 2.24) is 19.7 Å². The second-order valence-electron chi connectivity index (χ2n) is 5.30. The highest BCUT2D eigenvalue weighted by atomic mass is 32.2. The van der Waals surface area contributed by atoms with E-state index in [0.29, 0.717) is 22.5 Å². The molecule has 9 heteroatoms. The van der Waals surface area contributed by atoms with Gasteiger partial charge in [-0.3, -0.25) is 9.36 Å². The normalized spacial score (nSPS) is 12.1. The van der Waals surface area contributed by atoms with Crippen LogP contribution >= 0.6 is 23.1 Å². The average molecular weight is 375 g/mol. The number of benzene rings is 1. The summed E-state index contributed by atoms with van der Waals surface area (Å²) in [6, 6.07) is 9.65. The number of nitrogens with zero attached hydrogens (tertiary/aromatic N) is 4. The van der Waals surface area contributed by atoms with Gasteiger partial charge in [0, 0.05) is 23.7 Å². The van der Waals surface area contributed by atoms with Crippen LogP contribution in [0.2, 0.25) is 0 Å². The van der Waals surface area contributed by atoms with Crippen LogP contribution in [0, 0.1) is 0 Å². The zero-order chi connectivity index (χ0) is 17.6. The number of aliphatic hydroxyl groups excluding tert-OH is 1. The molecule has 130 valence electrons. The van der Waals surface area contributed by atoms with Crippen molar-refractivity contribution in [3.63, 3.8) is 0 Å². The Bertz CT molecular complexity index is 818. The van der Waals surface area contributed by atoms with E-state index < -0.39 is 6.10 Å². The Morgan fingerprint density at radius 1 is 1.36 bits per heavy atom. The van der Waals surface area contributed by atoms with E-state index in [9.17, 15) is 9.90 Å². The number of amides is 1. The molecule has 7 nitrogen and oxygen atoms in total. The minimum absolute atomic E-state index is 0.153. The van der Waals surface area contributed by atoms with Crippen LogP contribution in [0.5, 0.6) is 0 Å². The summed E-state index contributed by atoms with van der Waals surface area (Å²) < 4.78 is 1.87. The second-order valence-corrected chi connectivity index (χ2v) is 7.13. The van der Waals surface area contributed by atoms with Crippen LogP contribution in [0.1, 0.15) is 12.7 Å². The molecule has 0 bridgehead atoms. The lowest BCUT2D eigenvalue weighted by molar-refractivity contribution is -0.113. The average Bonchev–Trinajstić information content (AvgIpc) is 3.23. The fourth-order valence-corrected chi connectivity index (χ4v) is 3.51. The number of thioether (sulfide) groups is 1. The molecule has 1 aromatic carbocycles. The minimum atomic E-state index is -0.530. The highest BCUT2D eigenvalue weighted by Gasteiger charge is 2.17. The third-order valence-corrected chi connectivity index (χ3v) is 4.82. The molecule has 0 aliphatic heterocycles. The summed E-state index contributed by atoms with van der Waals surface area (Å²) in [4.78, 5) is 16.1. The number of aromatic nitrogens is 4. The SMILES string of the molecule is C[C@H](O)Cc1nnc(SCC(=O)Nc2nccs2)n1-c1ccccc1. The summed E-state index contributed by atoms with van der Waals surface area (Å²) in [7, 11) is 0. The lowest BCUT2D eigenvalue weighted by atomic mass is 10.2. The van der Waals surface area contributed by atoms with Gasteiger partial charge in [-0.15, -0.1) is 21.5 Å². The standard InChI is InChI=1S/C16H17N5O2S2/c1-11(22)9-13-19-20-16(21(13)12-5-3-2-4-6-12)25-10-14(23)18-15-17-7-8-24-15/h2-8,11,22H,9-10H2,1H3,(H,17,18,23)/t11-/m0/s1. The van der Waals surface area contributed by atoms with Crippen molar-refractivity contribution in [3.05, 3.63) is 47.7 Å². The topological polar surface area (TPSA) is 92.9 Å². The number of carbonyl (C=O) groups excluding carboxylic acids is 1. The molecule has 2 aromatic heterocycles. The van der Waals surface area contributed by atoms with E-state index in [-0.39, 0.29) is 11.7 Å². The predicted octanol–water partition coefficient (Wildman–Crippen LogP) is 2.38. The summed E-state index contributed by atoms with van der Waals surface area (Å²) >= 11 is 2.66. The predicted molar refractivity (Wildman–Crippen MR) is 98.2 cm³/mol. The van der Waals surface area contributed by atoms with Gasteiger partial charge in [-0.1, -0.05) is 30.0 Å². The number of para-hydroxylation sites is 1. The first kappa shape index (κ1) is 17.6. The summed E-state index contributed by atoms with van der Waals surface area (Å²) in [6.07, 6.45) is 1.49. The van der Waals surface area contributed by atoms with E-state index in [1.165, 1.54) is 23.1 Å². The van der Waals surface area contributed by atoms with Crippen LogP contribution in [0.3, 0.4) is 0 Å². The van der Waals surface area contributed by atoms with Gasteiger partial charge in [0.15, 0.2) is 10.3 Å². The van der Waals surface area contributed by atoms with Gasteiger partial charge >= 0.3 is 0 Å². The van der Waals surface area contributed by atoms with Gasteiger partial charge in [0.2, 0.25) is 5.91 Å². The number of hydrogen-bond donors (Lipinski definition) is 2. The molecular formula is C16H17N5O2S2. The molecule has 25 heavy (non-hydrogen) atoms. The van der Waals surface area contributed by atoms with E-state index in [1.54, 1.807) is 18.5 Å². The van der Waals surface area contributed by atoms with Crippen LogP contribution < -0.4 is 5.32 Å². The van der Waals surface area contributed by atoms with Crippen molar-refractivity contribution in [3.8, 4) is 5.69 Å². The summed E-state index contributed by atoms with van der Waals surface area (Å²) in [5, 5.41) is 23.8. The minimum Gasteiger partial charge on any atom is -0.393 e. The lowest BCUT2D eigenvalue weighted by Crippen LogP contribution is -2.15. The van der Waals surface area contributed by atoms with Crippen LogP contribution in [0.15, 0.2) is 47.1 Å². The van der Waals surface area contributed by atoms with Crippen molar-refractivity contribution in [2.24, 2.45) is 0 Å². The van der Waals surface area contributed by atoms with E-state index in [0.717, 1.165) is 5.69 Å². The molecule has 2 heterocycles. The molecule has 0 saturated carbocycles. The lowest BCUT2D eigenvalue weighted by Gasteiger charge is -2.11. The largest absolute Gasteiger partial charge is 0.393 e. The fraction of sp³-hybridized carbons (Fsp3) is 0.250. The van der Waals surface area contributed by atoms with Gasteiger partial charge in [0.1, 0.15) is 5.82 Å². The zero-order valence-corrected chi connectivity index (χ0v) is 15.1. The van der Waals surface area contributed by atoms with Crippen LogP contribution in [0.25, 0.3) is 5.69 Å². The molecule has 3 aromatic rings. The van der Waals surface area contributed by atoms with Gasteiger partial charge in [0.25, 0.3) is 0 Å². The van der Waals surface area contributed by atoms with Gasteiger partial charge < -0.3 is 10.4 Å². The van der Waals surface area contributed by atoms with E-state index >= 15 is 0 Å². The number of thiazole rings is 1. The fourth-order valence-electron chi connectivity index (χ4n) is 2.20. The highest BCUT2D eigenvalue weighted by Crippen LogP contribution is 2.23. The molecular weight excluding hydrogens is 358 g/mol. The number of aliphatic hydroxyl groups is 1. The number of carbonyl (C=O) groups is 1. The summed E-state index contributed by atoms with van der Waals surface area (Å²) in [6.45, 7) is 1.71. The summed E-state index contributed by atoms with van der Waals surface area (Å²) in [5.74, 6) is 0.697. The smallest absolute Gasteiger partial charge is 0.236 e. The molecule has 0 spiro atoms. The Balaban J connectivity index is 1.76. The molecule has 1 amide bonds. The van der Waals surface area contributed by atoms with Crippen molar-refractivity contribution in [2.75, 3.05) is 11.1 Å². The van der Waals surface area contributed by atoms with Gasteiger partial charge in [-0.2, -0.15) is 0 Å². The van der Waals surface area contributed by atoms with E-state index in [4.69, 9.17) is 0 Å². The Kier molecular flexibility index (Phi) is 5.79. The van der Waals surface area contributed by atoms with E-state index in [2.05, 4.69) is 20.5 Å². The van der Waals surface area contributed by atoms with Crippen LogP contribution in [0.4, 0.5) is 5.13 Å². The molecule has 0 unspecified atom stereocenters. The third kappa shape index (κ3) is 4.65. The maximum Gasteiger partial charge on any atom is 0.236 e. The monoisotopic (exact) mass is 375 g/mol. The molecule has 1 atom stereocenters. The number of anilines is 1. The summed E-state index contributed by atoms with van der Waals surface area (Å²) in [5.41, 5.74) is 0.894. The Labute approximate surface area is 153 Å². The zero-order valence-electron chi connectivity index (χ0n) is 13.5. The van der Waals surface area contributed by atoms with Crippen LogP contribution in [-0.4, -0.2) is 42.6 Å². The second kappa shape index (κ2) is 8.24. The molecule has 0 aliphatic carbocycles. The number of hydrogen-bond acceptors (Lipinski definition) is 7.